The zero-order valence-electron chi connectivity index (χ0n) is 41.7. The number of nitrogens with zero attached hydrogens (tertiary/aromatic N) is 2. The van der Waals surface area contributed by atoms with Gasteiger partial charge in [-0.3, -0.25) is 19.2 Å². The van der Waals surface area contributed by atoms with Crippen LogP contribution in [0.25, 0.3) is 22.4 Å². The molecule has 2 aliphatic rings. The van der Waals surface area contributed by atoms with Crippen LogP contribution in [-0.2, 0) is 30.4 Å². The number of halogens is 3. The summed E-state index contributed by atoms with van der Waals surface area (Å²) in [6.07, 6.45) is -0.682. The van der Waals surface area contributed by atoms with E-state index in [9.17, 15) is 37.5 Å². The second-order valence-corrected chi connectivity index (χ2v) is 19.3. The van der Waals surface area contributed by atoms with Crippen LogP contribution in [0.5, 0.6) is 5.75 Å². The number of ether oxygens (including phenoxy) is 3. The molecule has 0 saturated carbocycles. The van der Waals surface area contributed by atoms with Gasteiger partial charge < -0.3 is 34.1 Å². The SMILES string of the molecule is CC(C)c1c(C(=O)Nc2ccccc2)c(-c2ccccc2)c(-c2ccc(F)cc2)n1CCC1CC(OC(=O)CCCOc2ccc([C@@H]3[C@@H](CC[C@H](O)c4ccc(F)cc4)C(=O)N3c3ccc(F)cc3)cc2)CC(=O)O1. The molecule has 2 amide bonds. The van der Waals surface area contributed by atoms with Crippen molar-refractivity contribution >= 4 is 35.1 Å². The number of hydrogen-bond donors (Lipinski definition) is 2. The first-order valence-corrected chi connectivity index (χ1v) is 25.4. The number of aliphatic hydroxyl groups excluding tert-OH is 1. The molecule has 2 aliphatic heterocycles. The molecule has 7 aromatic rings. The number of benzene rings is 6. The van der Waals surface area contributed by atoms with E-state index in [0.717, 1.165) is 22.5 Å². The number of rotatable bonds is 20. The first-order chi connectivity index (χ1) is 36.3. The van der Waals surface area contributed by atoms with Gasteiger partial charge in [0.2, 0.25) is 5.91 Å². The van der Waals surface area contributed by atoms with Crippen molar-refractivity contribution in [3.63, 3.8) is 0 Å². The van der Waals surface area contributed by atoms with Crippen LogP contribution in [0.1, 0.15) is 104 Å². The van der Waals surface area contributed by atoms with Gasteiger partial charge in [-0.1, -0.05) is 86.6 Å². The predicted octanol–water partition coefficient (Wildman–Crippen LogP) is 12.7. The highest BCUT2D eigenvalue weighted by atomic mass is 19.1. The van der Waals surface area contributed by atoms with Gasteiger partial charge in [-0.15, -0.1) is 0 Å². The number of cyclic esters (lactones) is 1. The number of aliphatic hydroxyl groups is 1. The normalized spacial score (nSPS) is 17.8. The molecule has 2 unspecified atom stereocenters. The average molecular weight is 1020 g/mol. The molecule has 2 fully saturated rings. The number of hydrogen-bond acceptors (Lipinski definition) is 8. The van der Waals surface area contributed by atoms with Crippen LogP contribution >= 0.6 is 0 Å². The van der Waals surface area contributed by atoms with E-state index in [0.29, 0.717) is 65.2 Å². The molecule has 2 N–H and O–H groups in total. The molecule has 6 aromatic carbocycles. The van der Waals surface area contributed by atoms with Gasteiger partial charge in [-0.2, -0.15) is 0 Å². The summed E-state index contributed by atoms with van der Waals surface area (Å²) in [6, 6.07) is 43.2. The fourth-order valence-corrected chi connectivity index (χ4v) is 10.3. The number of carbonyl (C=O) groups excluding carboxylic acids is 4. The van der Waals surface area contributed by atoms with E-state index in [2.05, 4.69) is 9.88 Å². The highest BCUT2D eigenvalue weighted by Gasteiger charge is 2.48. The van der Waals surface area contributed by atoms with Crippen molar-refractivity contribution in [3.8, 4) is 28.1 Å². The van der Waals surface area contributed by atoms with E-state index >= 15 is 0 Å². The maximum Gasteiger partial charge on any atom is 0.309 e. The first kappa shape index (κ1) is 51.9. The van der Waals surface area contributed by atoms with Gasteiger partial charge in [-0.25, -0.2) is 13.2 Å². The van der Waals surface area contributed by atoms with Crippen molar-refractivity contribution in [2.45, 2.75) is 95.6 Å². The smallest absolute Gasteiger partial charge is 0.309 e. The second-order valence-electron chi connectivity index (χ2n) is 19.3. The molecule has 0 aliphatic carbocycles. The summed E-state index contributed by atoms with van der Waals surface area (Å²) in [7, 11) is 0. The van der Waals surface area contributed by atoms with Crippen LogP contribution in [0, 0.1) is 23.4 Å². The molecular formula is C61H58F3N3O8. The molecule has 14 heteroatoms. The van der Waals surface area contributed by atoms with Gasteiger partial charge in [0.15, 0.2) is 0 Å². The number of β-lactam (4-membered cyclic amide) rings is 1. The Balaban J connectivity index is 0.831. The molecule has 0 spiro atoms. The van der Waals surface area contributed by atoms with E-state index in [4.69, 9.17) is 14.2 Å². The summed E-state index contributed by atoms with van der Waals surface area (Å²) in [4.78, 5) is 56.0. The lowest BCUT2D eigenvalue weighted by molar-refractivity contribution is -0.169. The second kappa shape index (κ2) is 23.5. The summed E-state index contributed by atoms with van der Waals surface area (Å²) in [5.41, 5.74) is 6.70. The van der Waals surface area contributed by atoms with E-state index in [1.807, 2.05) is 86.6 Å². The van der Waals surface area contributed by atoms with Crippen LogP contribution in [0.2, 0.25) is 0 Å². The molecule has 3 heterocycles. The number of esters is 2. The largest absolute Gasteiger partial charge is 0.494 e. The number of anilines is 2. The maximum absolute atomic E-state index is 14.5. The highest BCUT2D eigenvalue weighted by Crippen LogP contribution is 2.47. The lowest BCUT2D eigenvalue weighted by Crippen LogP contribution is -2.55. The van der Waals surface area contributed by atoms with E-state index in [-0.39, 0.29) is 50.0 Å². The Kier molecular flexibility index (Phi) is 16.3. The number of aromatic nitrogens is 1. The van der Waals surface area contributed by atoms with Crippen LogP contribution in [0.15, 0.2) is 158 Å². The summed E-state index contributed by atoms with van der Waals surface area (Å²) in [6.45, 7) is 4.55. The summed E-state index contributed by atoms with van der Waals surface area (Å²) < 4.78 is 61.6. The Labute approximate surface area is 433 Å². The fraction of sp³-hybridized carbons (Fsp3) is 0.279. The Hall–Kier alpha value is -7.97. The third-order valence-corrected chi connectivity index (χ3v) is 13.8. The zero-order chi connectivity index (χ0) is 52.6. The fourth-order valence-electron chi connectivity index (χ4n) is 10.3. The minimum atomic E-state index is -0.890. The van der Waals surface area contributed by atoms with Crippen molar-refractivity contribution in [2.75, 3.05) is 16.8 Å². The molecule has 2 saturated heterocycles. The third kappa shape index (κ3) is 12.2. The number of nitrogens with one attached hydrogen (secondary N) is 1. The Bertz CT molecular complexity index is 3100. The molecule has 386 valence electrons. The number of para-hydroxylation sites is 1. The van der Waals surface area contributed by atoms with E-state index in [1.165, 1.54) is 48.5 Å². The Morgan fingerprint density at radius 2 is 1.39 bits per heavy atom. The molecule has 11 nitrogen and oxygen atoms in total. The molecule has 1 aromatic heterocycles. The van der Waals surface area contributed by atoms with Crippen molar-refractivity contribution in [3.05, 3.63) is 198 Å². The lowest BCUT2D eigenvalue weighted by Gasteiger charge is -2.48. The molecule has 75 heavy (non-hydrogen) atoms. The third-order valence-electron chi connectivity index (χ3n) is 13.8. The zero-order valence-corrected chi connectivity index (χ0v) is 41.7. The van der Waals surface area contributed by atoms with Gasteiger partial charge in [0, 0.05) is 48.4 Å². The predicted molar refractivity (Wildman–Crippen MR) is 279 cm³/mol. The van der Waals surface area contributed by atoms with Crippen molar-refractivity contribution in [2.24, 2.45) is 5.92 Å². The van der Waals surface area contributed by atoms with Gasteiger partial charge in [0.05, 0.1) is 42.3 Å². The van der Waals surface area contributed by atoms with Crippen molar-refractivity contribution in [1.29, 1.82) is 0 Å². The van der Waals surface area contributed by atoms with Gasteiger partial charge in [0.1, 0.15) is 35.4 Å². The minimum Gasteiger partial charge on any atom is -0.494 e. The molecule has 0 bridgehead atoms. The Morgan fingerprint density at radius 1 is 0.760 bits per heavy atom. The van der Waals surface area contributed by atoms with Crippen molar-refractivity contribution < 1.29 is 51.7 Å². The van der Waals surface area contributed by atoms with E-state index in [1.54, 1.807) is 41.3 Å². The molecule has 9 rings (SSSR count). The number of carbonyl (C=O) groups is 4. The van der Waals surface area contributed by atoms with Gasteiger partial charge >= 0.3 is 11.9 Å². The summed E-state index contributed by atoms with van der Waals surface area (Å²) in [5, 5.41) is 13.9. The summed E-state index contributed by atoms with van der Waals surface area (Å²) in [5.74, 6) is -2.73. The molecule has 0 radical (unpaired) electrons. The standard InChI is InChI=1S/C61H58F3N3O8/c1-38(2)57-56(60(71)65-46-12-7-4-8-13-46)55(40-10-5-3-6-11-40)59(42-17-23-44(63)24-18-42)66(57)34-33-49-36-50(37-54(70)74-49)75-53(69)14-9-35-73-48-29-19-41(20-30-48)58-51(31-32-52(68)39-15-21-43(62)22-16-39)61(72)67(58)47-27-25-45(64)26-28-47/h3-8,10-13,15-30,38,49-52,58,68H,9,14,31-37H2,1-2H3,(H,65,71)/t49?,50?,51-,52+,58-/m1/s1. The van der Waals surface area contributed by atoms with Crippen molar-refractivity contribution in [1.82, 2.24) is 4.57 Å². The Morgan fingerprint density at radius 3 is 2.04 bits per heavy atom. The number of amides is 2. The molecular weight excluding hydrogens is 960 g/mol. The van der Waals surface area contributed by atoms with Crippen LogP contribution < -0.4 is 15.0 Å². The van der Waals surface area contributed by atoms with Crippen LogP contribution in [0.4, 0.5) is 24.5 Å². The van der Waals surface area contributed by atoms with Crippen LogP contribution in [-0.4, -0.2) is 52.2 Å². The molecule has 5 atom stereocenters. The topological polar surface area (TPSA) is 136 Å². The maximum atomic E-state index is 14.5. The monoisotopic (exact) mass is 1020 g/mol. The summed E-state index contributed by atoms with van der Waals surface area (Å²) >= 11 is 0. The van der Waals surface area contributed by atoms with Gasteiger partial charge in [-0.05, 0) is 132 Å². The van der Waals surface area contributed by atoms with E-state index < -0.39 is 59.7 Å². The minimum absolute atomic E-state index is 0.0365. The average Bonchev–Trinajstić information content (AvgIpc) is 3.80. The lowest BCUT2D eigenvalue weighted by atomic mass is 9.78. The highest BCUT2D eigenvalue weighted by molar-refractivity contribution is 6.12. The quantitative estimate of drug-likeness (QED) is 0.0438. The van der Waals surface area contributed by atoms with Crippen LogP contribution in [0.3, 0.4) is 0 Å². The first-order valence-electron chi connectivity index (χ1n) is 25.4. The van der Waals surface area contributed by atoms with Gasteiger partial charge in [0.25, 0.3) is 5.91 Å².